The van der Waals surface area contributed by atoms with Crippen molar-refractivity contribution in [2.45, 2.75) is 0 Å². The molecule has 3 aromatic rings. The van der Waals surface area contributed by atoms with E-state index in [0.29, 0.717) is 5.69 Å². The van der Waals surface area contributed by atoms with Crippen LogP contribution in [0.3, 0.4) is 0 Å². The lowest BCUT2D eigenvalue weighted by molar-refractivity contribution is 0.555. The van der Waals surface area contributed by atoms with Gasteiger partial charge in [0.1, 0.15) is 21.5 Å². The number of hydrogen-bond donors (Lipinski definition) is 1. The zero-order chi connectivity index (χ0) is 13.6. The second-order valence-corrected chi connectivity index (χ2v) is 4.43. The molecule has 0 fully saturated rings. The molecular weight excluding hydrogens is 296 g/mol. The van der Waals surface area contributed by atoms with Crippen LogP contribution >= 0.6 is 23.2 Å². The van der Waals surface area contributed by atoms with Crippen LogP contribution in [0.5, 0.6) is 0 Å². The predicted molar refractivity (Wildman–Crippen MR) is 67.8 cm³/mol. The topological polar surface area (TPSA) is 71.8 Å². The molecule has 96 valence electrons. The van der Waals surface area contributed by atoms with E-state index in [9.17, 15) is 9.18 Å². The van der Waals surface area contributed by atoms with Crippen molar-refractivity contribution in [3.05, 3.63) is 45.0 Å². The van der Waals surface area contributed by atoms with Crippen LogP contribution < -0.4 is 5.76 Å². The maximum atomic E-state index is 13.7. The first-order valence-corrected chi connectivity index (χ1v) is 5.80. The number of benzene rings is 1. The number of fused-ring (bicyclic) bond motifs is 1. The number of aromatic nitrogens is 3. The van der Waals surface area contributed by atoms with Crippen molar-refractivity contribution in [1.29, 1.82) is 0 Å². The smallest absolute Gasteiger partial charge is 0.407 e. The molecule has 1 N–H and O–H groups in total. The number of aromatic amines is 1. The van der Waals surface area contributed by atoms with Gasteiger partial charge in [-0.1, -0.05) is 23.2 Å². The summed E-state index contributed by atoms with van der Waals surface area (Å²) in [5, 5.41) is -0.0172. The Morgan fingerprint density at radius 3 is 2.74 bits per heavy atom. The summed E-state index contributed by atoms with van der Waals surface area (Å²) < 4.78 is 18.7. The van der Waals surface area contributed by atoms with E-state index < -0.39 is 11.6 Å². The van der Waals surface area contributed by atoms with E-state index in [1.807, 2.05) is 0 Å². The van der Waals surface area contributed by atoms with Crippen molar-refractivity contribution >= 4 is 34.3 Å². The van der Waals surface area contributed by atoms with Crippen LogP contribution in [0.1, 0.15) is 0 Å². The number of H-pyrrole nitrogens is 1. The lowest BCUT2D eigenvalue weighted by Crippen LogP contribution is -1.93. The van der Waals surface area contributed by atoms with E-state index in [1.54, 1.807) is 0 Å². The van der Waals surface area contributed by atoms with Gasteiger partial charge in [0.2, 0.25) is 0 Å². The summed E-state index contributed by atoms with van der Waals surface area (Å²) in [6.45, 7) is 0. The van der Waals surface area contributed by atoms with Gasteiger partial charge in [-0.15, -0.1) is 0 Å². The Kier molecular flexibility index (Phi) is 2.76. The molecule has 2 aromatic heterocycles. The van der Waals surface area contributed by atoms with Crippen molar-refractivity contribution in [2.75, 3.05) is 0 Å². The van der Waals surface area contributed by atoms with Crippen molar-refractivity contribution in [1.82, 2.24) is 15.0 Å². The van der Waals surface area contributed by atoms with Crippen LogP contribution in [0.15, 0.2) is 27.7 Å². The molecule has 0 aliphatic heterocycles. The largest absolute Gasteiger partial charge is 0.417 e. The Balaban J connectivity index is 2.37. The van der Waals surface area contributed by atoms with Crippen molar-refractivity contribution in [3.8, 4) is 11.3 Å². The van der Waals surface area contributed by atoms with Gasteiger partial charge in [0.15, 0.2) is 5.58 Å². The van der Waals surface area contributed by atoms with E-state index in [0.717, 1.165) is 6.07 Å². The first-order valence-electron chi connectivity index (χ1n) is 5.05. The van der Waals surface area contributed by atoms with Crippen LogP contribution in [-0.4, -0.2) is 15.0 Å². The molecule has 0 saturated carbocycles. The number of nitrogens with zero attached hydrogens (tertiary/aromatic N) is 2. The van der Waals surface area contributed by atoms with E-state index in [1.165, 1.54) is 12.4 Å². The van der Waals surface area contributed by atoms with Gasteiger partial charge in [-0.3, -0.25) is 9.97 Å². The van der Waals surface area contributed by atoms with Gasteiger partial charge in [-0.25, -0.2) is 14.2 Å². The standard InChI is InChI=1S/C11H4Cl2FN3O2/c12-7-3-15-6(2-16-7)4-1-5(14)8(13)9-10(4)19-11(18)17-9/h1-3H,(H,17,18). The van der Waals surface area contributed by atoms with E-state index in [-0.39, 0.29) is 26.8 Å². The van der Waals surface area contributed by atoms with Crippen molar-refractivity contribution in [2.24, 2.45) is 0 Å². The van der Waals surface area contributed by atoms with Crippen LogP contribution in [0.25, 0.3) is 22.4 Å². The molecule has 19 heavy (non-hydrogen) atoms. The average Bonchev–Trinajstić information content (AvgIpc) is 2.77. The monoisotopic (exact) mass is 299 g/mol. The summed E-state index contributed by atoms with van der Waals surface area (Å²) >= 11 is 11.4. The second kappa shape index (κ2) is 4.32. The van der Waals surface area contributed by atoms with Gasteiger partial charge >= 0.3 is 5.76 Å². The molecule has 2 heterocycles. The molecule has 1 aromatic carbocycles. The Labute approximate surface area is 115 Å². The SMILES string of the molecule is O=c1[nH]c2c(Cl)c(F)cc(-c3cnc(Cl)cn3)c2o1. The Hall–Kier alpha value is -1.92. The Bertz CT molecular complexity index is 826. The molecule has 0 aliphatic rings. The lowest BCUT2D eigenvalue weighted by Gasteiger charge is -2.03. The minimum atomic E-state index is -0.731. The Morgan fingerprint density at radius 2 is 2.05 bits per heavy atom. The zero-order valence-electron chi connectivity index (χ0n) is 9.08. The summed E-state index contributed by atoms with van der Waals surface area (Å²) in [5.41, 5.74) is 0.776. The minimum absolute atomic E-state index is 0.0819. The molecule has 0 bridgehead atoms. The van der Waals surface area contributed by atoms with Gasteiger partial charge in [0.05, 0.1) is 18.1 Å². The maximum absolute atomic E-state index is 13.7. The van der Waals surface area contributed by atoms with Crippen LogP contribution in [-0.2, 0) is 0 Å². The Morgan fingerprint density at radius 1 is 1.26 bits per heavy atom. The van der Waals surface area contributed by atoms with E-state index in [4.69, 9.17) is 27.6 Å². The van der Waals surface area contributed by atoms with Crippen LogP contribution in [0, 0.1) is 5.82 Å². The maximum Gasteiger partial charge on any atom is 0.417 e. The number of rotatable bonds is 1. The predicted octanol–water partition coefficient (Wildman–Crippen LogP) is 3.02. The highest BCUT2D eigenvalue weighted by Gasteiger charge is 2.17. The van der Waals surface area contributed by atoms with Gasteiger partial charge in [0.25, 0.3) is 0 Å². The van der Waals surface area contributed by atoms with Crippen molar-refractivity contribution in [3.63, 3.8) is 0 Å². The molecule has 5 nitrogen and oxygen atoms in total. The summed E-state index contributed by atoms with van der Waals surface area (Å²) in [4.78, 5) is 21.4. The number of nitrogens with one attached hydrogen (secondary N) is 1. The fraction of sp³-hybridized carbons (Fsp3) is 0. The van der Waals surface area contributed by atoms with E-state index in [2.05, 4.69) is 15.0 Å². The fourth-order valence-corrected chi connectivity index (χ4v) is 1.97. The summed E-state index contributed by atoms with van der Waals surface area (Å²) in [6.07, 6.45) is 2.65. The fourth-order valence-electron chi connectivity index (χ4n) is 1.69. The highest BCUT2D eigenvalue weighted by molar-refractivity contribution is 6.35. The van der Waals surface area contributed by atoms with Crippen LogP contribution in [0.4, 0.5) is 4.39 Å². The quantitative estimate of drug-likeness (QED) is 0.750. The molecule has 0 aliphatic carbocycles. The summed E-state index contributed by atoms with van der Waals surface area (Å²) in [7, 11) is 0. The van der Waals surface area contributed by atoms with Gasteiger partial charge in [-0.2, -0.15) is 0 Å². The van der Waals surface area contributed by atoms with Crippen LogP contribution in [0.2, 0.25) is 10.2 Å². The summed E-state index contributed by atoms with van der Waals surface area (Å²) in [6, 6.07) is 1.12. The third kappa shape index (κ3) is 1.98. The molecule has 0 unspecified atom stereocenters. The zero-order valence-corrected chi connectivity index (χ0v) is 10.6. The van der Waals surface area contributed by atoms with E-state index >= 15 is 0 Å². The molecular formula is C11H4Cl2FN3O2. The summed E-state index contributed by atoms with van der Waals surface area (Å²) in [5.74, 6) is -1.43. The third-order valence-electron chi connectivity index (χ3n) is 2.49. The number of hydrogen-bond acceptors (Lipinski definition) is 4. The minimum Gasteiger partial charge on any atom is -0.407 e. The molecule has 8 heteroatoms. The molecule has 0 amide bonds. The number of oxazole rings is 1. The lowest BCUT2D eigenvalue weighted by atomic mass is 10.1. The normalized spacial score (nSPS) is 11.1. The van der Waals surface area contributed by atoms with Crippen molar-refractivity contribution < 1.29 is 8.81 Å². The average molecular weight is 300 g/mol. The highest BCUT2D eigenvalue weighted by Crippen LogP contribution is 2.32. The first kappa shape index (κ1) is 12.1. The molecule has 0 spiro atoms. The van der Waals surface area contributed by atoms with Gasteiger partial charge in [0, 0.05) is 5.56 Å². The van der Waals surface area contributed by atoms with Gasteiger partial charge in [-0.05, 0) is 6.07 Å². The molecule has 0 radical (unpaired) electrons. The highest BCUT2D eigenvalue weighted by atomic mass is 35.5. The second-order valence-electron chi connectivity index (χ2n) is 3.66. The first-order chi connectivity index (χ1) is 9.06. The molecule has 0 saturated heterocycles. The van der Waals surface area contributed by atoms with Gasteiger partial charge < -0.3 is 4.42 Å². The molecule has 3 rings (SSSR count). The third-order valence-corrected chi connectivity index (χ3v) is 3.05. The molecule has 0 atom stereocenters. The number of halogens is 3.